The summed E-state index contributed by atoms with van der Waals surface area (Å²) in [6, 6.07) is -0.640. The number of carbonyl (C=O) groups excluding carboxylic acids is 3. The van der Waals surface area contributed by atoms with Gasteiger partial charge in [0.25, 0.3) is 0 Å². The predicted molar refractivity (Wildman–Crippen MR) is 56.5 cm³/mol. The lowest BCUT2D eigenvalue weighted by atomic mass is 10.3. The second kappa shape index (κ2) is 4.73. The third-order valence-electron chi connectivity index (χ3n) is 2.20. The molecule has 1 fully saturated rings. The Bertz CT molecular complexity index is 346. The molecule has 88 valence electrons. The number of nitrogens with zero attached hydrogens (tertiary/aromatic N) is 2. The maximum absolute atomic E-state index is 11.6. The standard InChI is InChI=1S/C9H14N4O3/c1-4-13(3)8(16)5(2)10-9-11-6(14)7(15)12-9/h5H,4H2,1-3H3,(H2,10,11,12,14,15). The maximum Gasteiger partial charge on any atom is 0.316 e. The van der Waals surface area contributed by atoms with Gasteiger partial charge in [0, 0.05) is 13.6 Å². The number of hydrogen-bond acceptors (Lipinski definition) is 4. The van der Waals surface area contributed by atoms with Crippen molar-refractivity contribution in [1.82, 2.24) is 15.5 Å². The van der Waals surface area contributed by atoms with Crippen molar-refractivity contribution in [3.05, 3.63) is 0 Å². The number of amides is 3. The van der Waals surface area contributed by atoms with Crippen LogP contribution in [0.3, 0.4) is 0 Å². The molecule has 1 rings (SSSR count). The van der Waals surface area contributed by atoms with Crippen LogP contribution in [0.15, 0.2) is 4.99 Å². The summed E-state index contributed by atoms with van der Waals surface area (Å²) in [6.45, 7) is 4.02. The predicted octanol–water partition coefficient (Wildman–Crippen LogP) is -1.54. The van der Waals surface area contributed by atoms with Gasteiger partial charge in [0.1, 0.15) is 6.04 Å². The van der Waals surface area contributed by atoms with Gasteiger partial charge in [0.05, 0.1) is 0 Å². The first-order valence-corrected chi connectivity index (χ1v) is 4.90. The highest BCUT2D eigenvalue weighted by Gasteiger charge is 2.26. The van der Waals surface area contributed by atoms with Crippen LogP contribution in [-0.2, 0) is 14.4 Å². The molecule has 1 aliphatic rings. The van der Waals surface area contributed by atoms with Crippen molar-refractivity contribution >= 4 is 23.7 Å². The van der Waals surface area contributed by atoms with Crippen molar-refractivity contribution in [2.45, 2.75) is 19.9 Å². The van der Waals surface area contributed by atoms with E-state index in [1.165, 1.54) is 4.90 Å². The Morgan fingerprint density at radius 1 is 1.38 bits per heavy atom. The summed E-state index contributed by atoms with van der Waals surface area (Å²) < 4.78 is 0. The van der Waals surface area contributed by atoms with Gasteiger partial charge in [-0.05, 0) is 13.8 Å². The highest BCUT2D eigenvalue weighted by molar-refractivity contribution is 6.45. The molecule has 7 nitrogen and oxygen atoms in total. The lowest BCUT2D eigenvalue weighted by molar-refractivity contribution is -0.135. The zero-order valence-electron chi connectivity index (χ0n) is 9.40. The minimum Gasteiger partial charge on any atom is -0.344 e. The van der Waals surface area contributed by atoms with Crippen LogP contribution < -0.4 is 10.6 Å². The molecule has 1 aliphatic heterocycles. The van der Waals surface area contributed by atoms with E-state index >= 15 is 0 Å². The van der Waals surface area contributed by atoms with Crippen molar-refractivity contribution < 1.29 is 14.4 Å². The number of guanidine groups is 1. The smallest absolute Gasteiger partial charge is 0.316 e. The van der Waals surface area contributed by atoms with E-state index in [4.69, 9.17) is 0 Å². The van der Waals surface area contributed by atoms with Gasteiger partial charge < -0.3 is 4.90 Å². The fraction of sp³-hybridized carbons (Fsp3) is 0.556. The molecule has 1 unspecified atom stereocenters. The molecular formula is C9H14N4O3. The van der Waals surface area contributed by atoms with Gasteiger partial charge in [-0.3, -0.25) is 25.0 Å². The van der Waals surface area contributed by atoms with Crippen LogP contribution in [0.4, 0.5) is 0 Å². The molecule has 0 bridgehead atoms. The molecule has 0 aromatic heterocycles. The number of aliphatic imine (C=N–C) groups is 1. The van der Waals surface area contributed by atoms with Gasteiger partial charge in [0.15, 0.2) is 0 Å². The molecule has 3 amide bonds. The van der Waals surface area contributed by atoms with Crippen LogP contribution in [0.2, 0.25) is 0 Å². The Morgan fingerprint density at radius 2 is 1.88 bits per heavy atom. The van der Waals surface area contributed by atoms with Crippen molar-refractivity contribution in [3.63, 3.8) is 0 Å². The lowest BCUT2D eigenvalue weighted by Gasteiger charge is -2.17. The molecule has 1 heterocycles. The van der Waals surface area contributed by atoms with E-state index in [1.54, 1.807) is 14.0 Å². The third-order valence-corrected chi connectivity index (χ3v) is 2.20. The fourth-order valence-corrected chi connectivity index (χ4v) is 1.15. The molecule has 16 heavy (non-hydrogen) atoms. The molecular weight excluding hydrogens is 212 g/mol. The number of carbonyl (C=O) groups is 3. The van der Waals surface area contributed by atoms with Gasteiger partial charge in [-0.2, -0.15) is 0 Å². The maximum atomic E-state index is 11.6. The van der Waals surface area contributed by atoms with Gasteiger partial charge in [0.2, 0.25) is 11.9 Å². The van der Waals surface area contributed by atoms with Crippen LogP contribution in [0, 0.1) is 0 Å². The highest BCUT2D eigenvalue weighted by Crippen LogP contribution is 1.97. The van der Waals surface area contributed by atoms with Crippen LogP contribution in [0.1, 0.15) is 13.8 Å². The first kappa shape index (κ1) is 12.2. The SMILES string of the molecule is CCN(C)C(=O)C(C)N=C1NC(=O)C(=O)N1. The molecule has 0 spiro atoms. The Kier molecular flexibility index (Phi) is 3.60. The first-order chi connectivity index (χ1) is 7.45. The van der Waals surface area contributed by atoms with E-state index in [-0.39, 0.29) is 11.9 Å². The number of rotatable bonds is 3. The molecule has 0 aliphatic carbocycles. The van der Waals surface area contributed by atoms with E-state index < -0.39 is 17.9 Å². The van der Waals surface area contributed by atoms with Gasteiger partial charge in [-0.1, -0.05) is 0 Å². The summed E-state index contributed by atoms with van der Waals surface area (Å²) in [5.74, 6) is -1.67. The largest absolute Gasteiger partial charge is 0.344 e. The Hall–Kier alpha value is -1.92. The Balaban J connectivity index is 2.67. The molecule has 0 aromatic rings. The number of hydrogen-bond donors (Lipinski definition) is 2. The molecule has 7 heteroatoms. The van der Waals surface area contributed by atoms with Crippen molar-refractivity contribution in [1.29, 1.82) is 0 Å². The monoisotopic (exact) mass is 226 g/mol. The van der Waals surface area contributed by atoms with Gasteiger partial charge in [-0.15, -0.1) is 0 Å². The van der Waals surface area contributed by atoms with Crippen LogP contribution in [0.5, 0.6) is 0 Å². The van der Waals surface area contributed by atoms with E-state index in [1.807, 2.05) is 6.92 Å². The molecule has 0 radical (unpaired) electrons. The van der Waals surface area contributed by atoms with Crippen LogP contribution >= 0.6 is 0 Å². The summed E-state index contributed by atoms with van der Waals surface area (Å²) in [7, 11) is 1.66. The van der Waals surface area contributed by atoms with E-state index in [2.05, 4.69) is 15.6 Å². The molecule has 2 N–H and O–H groups in total. The van der Waals surface area contributed by atoms with Gasteiger partial charge >= 0.3 is 11.8 Å². The molecule has 1 saturated heterocycles. The third kappa shape index (κ3) is 2.56. The van der Waals surface area contributed by atoms with E-state index in [0.29, 0.717) is 6.54 Å². The lowest BCUT2D eigenvalue weighted by Crippen LogP contribution is -2.36. The summed E-state index contributed by atoms with van der Waals surface area (Å²) in [5.41, 5.74) is 0. The zero-order chi connectivity index (χ0) is 12.3. The number of nitrogens with one attached hydrogen (secondary N) is 2. The normalized spacial score (nSPS) is 16.6. The average Bonchev–Trinajstić information content (AvgIpc) is 2.55. The number of likely N-dealkylation sites (N-methyl/N-ethyl adjacent to an activating group) is 1. The van der Waals surface area contributed by atoms with E-state index in [0.717, 1.165) is 0 Å². The second-order valence-electron chi connectivity index (χ2n) is 3.41. The van der Waals surface area contributed by atoms with Gasteiger partial charge in [-0.25, -0.2) is 4.99 Å². The summed E-state index contributed by atoms with van der Waals surface area (Å²) >= 11 is 0. The Labute approximate surface area is 92.9 Å². The average molecular weight is 226 g/mol. The van der Waals surface area contributed by atoms with Crippen LogP contribution in [0.25, 0.3) is 0 Å². The molecule has 0 saturated carbocycles. The van der Waals surface area contributed by atoms with E-state index in [9.17, 15) is 14.4 Å². The summed E-state index contributed by atoms with van der Waals surface area (Å²) in [6.07, 6.45) is 0. The fourth-order valence-electron chi connectivity index (χ4n) is 1.15. The second-order valence-corrected chi connectivity index (χ2v) is 3.41. The van der Waals surface area contributed by atoms with Crippen molar-refractivity contribution in [3.8, 4) is 0 Å². The van der Waals surface area contributed by atoms with Crippen LogP contribution in [-0.4, -0.2) is 48.2 Å². The quantitative estimate of drug-likeness (QED) is 0.571. The summed E-state index contributed by atoms with van der Waals surface area (Å²) in [4.78, 5) is 38.7. The zero-order valence-corrected chi connectivity index (χ0v) is 9.40. The Morgan fingerprint density at radius 3 is 2.31 bits per heavy atom. The molecule has 1 atom stereocenters. The minimum atomic E-state index is -0.762. The topological polar surface area (TPSA) is 90.9 Å². The summed E-state index contributed by atoms with van der Waals surface area (Å²) in [5, 5.41) is 4.45. The minimum absolute atomic E-state index is 0.0281. The first-order valence-electron chi connectivity index (χ1n) is 4.90. The van der Waals surface area contributed by atoms with Crippen molar-refractivity contribution in [2.75, 3.05) is 13.6 Å². The highest BCUT2D eigenvalue weighted by atomic mass is 16.2. The van der Waals surface area contributed by atoms with Crippen molar-refractivity contribution in [2.24, 2.45) is 4.99 Å². The molecule has 0 aromatic carbocycles.